The Hall–Kier alpha value is -1.84. The number of nitrogens with zero attached hydrogens (tertiary/aromatic N) is 1. The third kappa shape index (κ3) is 2.62. The van der Waals surface area contributed by atoms with Crippen LogP contribution in [-0.2, 0) is 9.59 Å². The van der Waals surface area contributed by atoms with Crippen molar-refractivity contribution >= 4 is 17.5 Å². The van der Waals surface area contributed by atoms with Gasteiger partial charge in [0.05, 0.1) is 0 Å². The minimum atomic E-state index is -0.528. The number of hydrogen-bond acceptors (Lipinski definition) is 2. The molecule has 0 spiro atoms. The molecule has 0 saturated carbocycles. The smallest absolute Gasteiger partial charge is 0.239 e. The van der Waals surface area contributed by atoms with E-state index in [0.29, 0.717) is 19.5 Å². The molecule has 0 bridgehead atoms. The zero-order valence-electron chi connectivity index (χ0n) is 11.7. The number of rotatable bonds is 3. The molecule has 0 aliphatic carbocycles. The van der Waals surface area contributed by atoms with Gasteiger partial charge in [-0.3, -0.25) is 9.59 Å². The molecule has 0 aromatic heterocycles. The van der Waals surface area contributed by atoms with Gasteiger partial charge >= 0.3 is 0 Å². The summed E-state index contributed by atoms with van der Waals surface area (Å²) in [5, 5.41) is 2.73. The van der Waals surface area contributed by atoms with E-state index in [0.717, 1.165) is 16.8 Å². The highest BCUT2D eigenvalue weighted by Crippen LogP contribution is 2.28. The van der Waals surface area contributed by atoms with E-state index >= 15 is 0 Å². The van der Waals surface area contributed by atoms with Crippen LogP contribution in [-0.4, -0.2) is 24.9 Å². The molecule has 1 saturated heterocycles. The molecule has 1 N–H and O–H groups in total. The molecular formula is C15H20N2O2. The van der Waals surface area contributed by atoms with Crippen molar-refractivity contribution in [1.29, 1.82) is 0 Å². The SMILES string of the molecule is CCNC(=O)C1CCN(c2cc(C)ccc2C)C1=O. The summed E-state index contributed by atoms with van der Waals surface area (Å²) in [5.74, 6) is -0.764. The van der Waals surface area contributed by atoms with E-state index in [9.17, 15) is 9.59 Å². The molecule has 1 aliphatic rings. The summed E-state index contributed by atoms with van der Waals surface area (Å²) in [6.07, 6.45) is 0.595. The van der Waals surface area contributed by atoms with E-state index in [4.69, 9.17) is 0 Å². The maximum absolute atomic E-state index is 12.4. The van der Waals surface area contributed by atoms with Gasteiger partial charge in [0.25, 0.3) is 0 Å². The number of hydrogen-bond donors (Lipinski definition) is 1. The third-order valence-electron chi connectivity index (χ3n) is 3.53. The standard InChI is InChI=1S/C15H20N2O2/c1-4-16-14(18)12-7-8-17(15(12)19)13-9-10(2)5-6-11(13)3/h5-6,9,12H,4,7-8H2,1-3H3,(H,16,18). The molecule has 0 radical (unpaired) electrons. The van der Waals surface area contributed by atoms with Gasteiger partial charge in [-0.1, -0.05) is 12.1 Å². The second-order valence-corrected chi connectivity index (χ2v) is 5.02. The minimum absolute atomic E-state index is 0.0837. The van der Waals surface area contributed by atoms with Crippen LogP contribution >= 0.6 is 0 Å². The summed E-state index contributed by atoms with van der Waals surface area (Å²) in [6.45, 7) is 7.03. The Labute approximate surface area is 113 Å². The lowest BCUT2D eigenvalue weighted by Gasteiger charge is -2.19. The van der Waals surface area contributed by atoms with Gasteiger partial charge in [0.1, 0.15) is 5.92 Å². The summed E-state index contributed by atoms with van der Waals surface area (Å²) >= 11 is 0. The molecule has 4 heteroatoms. The lowest BCUT2D eigenvalue weighted by Crippen LogP contribution is -2.36. The number of benzene rings is 1. The number of aryl methyl sites for hydroxylation is 2. The van der Waals surface area contributed by atoms with E-state index in [1.165, 1.54) is 0 Å². The molecule has 2 amide bonds. The Kier molecular flexibility index (Phi) is 3.88. The number of nitrogens with one attached hydrogen (secondary N) is 1. The first kappa shape index (κ1) is 13.6. The van der Waals surface area contributed by atoms with Gasteiger partial charge in [-0.25, -0.2) is 0 Å². The molecule has 4 nitrogen and oxygen atoms in total. The average molecular weight is 260 g/mol. The lowest BCUT2D eigenvalue weighted by atomic mass is 10.1. The van der Waals surface area contributed by atoms with Crippen LogP contribution in [0.2, 0.25) is 0 Å². The van der Waals surface area contributed by atoms with E-state index in [2.05, 4.69) is 5.32 Å². The summed E-state index contributed by atoms with van der Waals surface area (Å²) in [6, 6.07) is 6.05. The summed E-state index contributed by atoms with van der Waals surface area (Å²) in [5.41, 5.74) is 3.11. The predicted octanol–water partition coefficient (Wildman–Crippen LogP) is 1.79. The molecule has 1 aliphatic heterocycles. The van der Waals surface area contributed by atoms with Gasteiger partial charge in [-0.05, 0) is 44.4 Å². The zero-order valence-corrected chi connectivity index (χ0v) is 11.7. The van der Waals surface area contributed by atoms with E-state index in [-0.39, 0.29) is 11.8 Å². The Morgan fingerprint density at radius 1 is 1.42 bits per heavy atom. The summed E-state index contributed by atoms with van der Waals surface area (Å²) in [4.78, 5) is 25.9. The fourth-order valence-electron chi connectivity index (χ4n) is 2.47. The van der Waals surface area contributed by atoms with Crippen LogP contribution in [0.4, 0.5) is 5.69 Å². The Balaban J connectivity index is 2.22. The molecule has 1 atom stereocenters. The molecule has 2 rings (SSSR count). The van der Waals surface area contributed by atoms with Gasteiger partial charge in [-0.15, -0.1) is 0 Å². The molecule has 1 fully saturated rings. The first-order chi connectivity index (χ1) is 9.04. The maximum atomic E-state index is 12.4. The highest BCUT2D eigenvalue weighted by atomic mass is 16.2. The van der Waals surface area contributed by atoms with Gasteiger partial charge in [-0.2, -0.15) is 0 Å². The van der Waals surface area contributed by atoms with E-state index < -0.39 is 5.92 Å². The largest absolute Gasteiger partial charge is 0.356 e. The minimum Gasteiger partial charge on any atom is -0.356 e. The molecular weight excluding hydrogens is 240 g/mol. The van der Waals surface area contributed by atoms with Crippen molar-refractivity contribution in [2.75, 3.05) is 18.0 Å². The van der Waals surface area contributed by atoms with Crippen LogP contribution < -0.4 is 10.2 Å². The van der Waals surface area contributed by atoms with Crippen molar-refractivity contribution in [3.05, 3.63) is 29.3 Å². The van der Waals surface area contributed by atoms with Crippen LogP contribution in [0, 0.1) is 19.8 Å². The molecule has 102 valence electrons. The van der Waals surface area contributed by atoms with Crippen molar-refractivity contribution in [2.24, 2.45) is 5.92 Å². The van der Waals surface area contributed by atoms with E-state index in [1.807, 2.05) is 39.0 Å². The van der Waals surface area contributed by atoms with Crippen LogP contribution in [0.25, 0.3) is 0 Å². The Morgan fingerprint density at radius 2 is 2.16 bits per heavy atom. The fourth-order valence-corrected chi connectivity index (χ4v) is 2.47. The quantitative estimate of drug-likeness (QED) is 0.842. The van der Waals surface area contributed by atoms with Crippen molar-refractivity contribution in [3.8, 4) is 0 Å². The normalized spacial score (nSPS) is 18.8. The molecule has 1 unspecified atom stereocenters. The van der Waals surface area contributed by atoms with Gasteiger partial charge in [0, 0.05) is 18.8 Å². The monoisotopic (exact) mass is 260 g/mol. The number of amides is 2. The number of carbonyl (C=O) groups is 2. The molecule has 1 aromatic carbocycles. The van der Waals surface area contributed by atoms with Crippen LogP contribution in [0.3, 0.4) is 0 Å². The third-order valence-corrected chi connectivity index (χ3v) is 3.53. The lowest BCUT2D eigenvalue weighted by molar-refractivity contribution is -0.132. The predicted molar refractivity (Wildman–Crippen MR) is 75.1 cm³/mol. The first-order valence-corrected chi connectivity index (χ1v) is 6.71. The number of carbonyl (C=O) groups excluding carboxylic acids is 2. The van der Waals surface area contributed by atoms with Gasteiger partial charge in [0.2, 0.25) is 11.8 Å². The second-order valence-electron chi connectivity index (χ2n) is 5.02. The first-order valence-electron chi connectivity index (χ1n) is 6.71. The van der Waals surface area contributed by atoms with Crippen molar-refractivity contribution in [1.82, 2.24) is 5.32 Å². The highest BCUT2D eigenvalue weighted by molar-refractivity contribution is 6.09. The van der Waals surface area contributed by atoms with Gasteiger partial charge in [0.15, 0.2) is 0 Å². The zero-order chi connectivity index (χ0) is 14.0. The Morgan fingerprint density at radius 3 is 2.84 bits per heavy atom. The average Bonchev–Trinajstić information content (AvgIpc) is 2.74. The molecule has 19 heavy (non-hydrogen) atoms. The second kappa shape index (κ2) is 5.43. The fraction of sp³-hybridized carbons (Fsp3) is 0.467. The summed E-state index contributed by atoms with van der Waals surface area (Å²) in [7, 11) is 0. The maximum Gasteiger partial charge on any atom is 0.239 e. The van der Waals surface area contributed by atoms with Crippen molar-refractivity contribution in [2.45, 2.75) is 27.2 Å². The summed E-state index contributed by atoms with van der Waals surface area (Å²) < 4.78 is 0. The topological polar surface area (TPSA) is 49.4 Å². The van der Waals surface area contributed by atoms with Crippen LogP contribution in [0.15, 0.2) is 18.2 Å². The van der Waals surface area contributed by atoms with Crippen LogP contribution in [0.5, 0.6) is 0 Å². The molecule has 1 heterocycles. The highest BCUT2D eigenvalue weighted by Gasteiger charge is 2.37. The molecule has 1 aromatic rings. The van der Waals surface area contributed by atoms with Crippen molar-refractivity contribution < 1.29 is 9.59 Å². The number of anilines is 1. The van der Waals surface area contributed by atoms with Crippen molar-refractivity contribution in [3.63, 3.8) is 0 Å². The van der Waals surface area contributed by atoms with Crippen LogP contribution in [0.1, 0.15) is 24.5 Å². The Bertz CT molecular complexity index is 511. The van der Waals surface area contributed by atoms with Gasteiger partial charge < -0.3 is 10.2 Å². The van der Waals surface area contributed by atoms with E-state index in [1.54, 1.807) is 4.90 Å².